The van der Waals surface area contributed by atoms with E-state index in [1.807, 2.05) is 0 Å². The Labute approximate surface area is 147 Å². The normalized spacial score (nSPS) is 38.2. The van der Waals surface area contributed by atoms with Crippen LogP contribution in [0.3, 0.4) is 0 Å². The van der Waals surface area contributed by atoms with Crippen LogP contribution in [0.2, 0.25) is 0 Å². The summed E-state index contributed by atoms with van der Waals surface area (Å²) in [5.41, 5.74) is 0. The topological polar surface area (TPSA) is 0 Å². The van der Waals surface area contributed by atoms with Crippen molar-refractivity contribution < 1.29 is 0 Å². The molecule has 0 saturated heterocycles. The van der Waals surface area contributed by atoms with Crippen LogP contribution >= 0.6 is 0 Å². The molecule has 2 aliphatic carbocycles. The molecule has 2 fully saturated rings. The Balaban J connectivity index is 2.18. The maximum Gasteiger partial charge on any atom is -0.0352 e. The standard InChI is InChI=1S/C23H44/c1-6-12-19-13-10-9-11-14-20-15-18(5)22(20)16-23(19)21(8-3)17(4)7-2/h17-23H,6-16H2,1-5H3. The quantitative estimate of drug-likeness (QED) is 0.470. The average molecular weight is 321 g/mol. The molecule has 0 heteroatoms. The van der Waals surface area contributed by atoms with E-state index < -0.39 is 0 Å². The van der Waals surface area contributed by atoms with Gasteiger partial charge in [-0.1, -0.05) is 92.4 Å². The van der Waals surface area contributed by atoms with E-state index in [4.69, 9.17) is 0 Å². The number of hydrogen-bond donors (Lipinski definition) is 0. The van der Waals surface area contributed by atoms with Crippen molar-refractivity contribution in [2.45, 2.75) is 105 Å². The van der Waals surface area contributed by atoms with Crippen LogP contribution in [0.15, 0.2) is 0 Å². The van der Waals surface area contributed by atoms with Crippen molar-refractivity contribution in [3.05, 3.63) is 0 Å². The van der Waals surface area contributed by atoms with Gasteiger partial charge in [0.25, 0.3) is 0 Å². The van der Waals surface area contributed by atoms with Gasteiger partial charge in [-0.2, -0.15) is 0 Å². The van der Waals surface area contributed by atoms with Crippen LogP contribution in [0.4, 0.5) is 0 Å². The third-order valence-corrected chi connectivity index (χ3v) is 7.87. The fraction of sp³-hybridized carbons (Fsp3) is 1.00. The van der Waals surface area contributed by atoms with Gasteiger partial charge in [-0.15, -0.1) is 0 Å². The second kappa shape index (κ2) is 9.47. The van der Waals surface area contributed by atoms with Crippen LogP contribution in [-0.4, -0.2) is 0 Å². The maximum absolute atomic E-state index is 2.54. The van der Waals surface area contributed by atoms with Crippen LogP contribution in [0.5, 0.6) is 0 Å². The number of rotatable bonds is 6. The smallest absolute Gasteiger partial charge is 0.0352 e. The molecule has 7 atom stereocenters. The van der Waals surface area contributed by atoms with Crippen molar-refractivity contribution in [3.8, 4) is 0 Å². The van der Waals surface area contributed by atoms with Gasteiger partial charge in [0.2, 0.25) is 0 Å². The zero-order valence-electron chi connectivity index (χ0n) is 16.8. The minimum atomic E-state index is 0.918. The Morgan fingerprint density at radius 2 is 1.65 bits per heavy atom. The first kappa shape index (κ1) is 19.3. The summed E-state index contributed by atoms with van der Waals surface area (Å²) in [5.74, 6) is 7.09. The van der Waals surface area contributed by atoms with E-state index in [9.17, 15) is 0 Å². The highest BCUT2D eigenvalue weighted by atomic mass is 14.5. The van der Waals surface area contributed by atoms with Crippen LogP contribution in [0.25, 0.3) is 0 Å². The second-order valence-corrected chi connectivity index (χ2v) is 9.18. The lowest BCUT2D eigenvalue weighted by molar-refractivity contribution is 0.0104. The molecule has 0 bridgehead atoms. The fourth-order valence-electron chi connectivity index (χ4n) is 6.25. The Kier molecular flexibility index (Phi) is 7.96. The first-order chi connectivity index (χ1) is 11.1. The highest BCUT2D eigenvalue weighted by Gasteiger charge is 2.42. The molecule has 0 spiro atoms. The maximum atomic E-state index is 2.54. The number of hydrogen-bond acceptors (Lipinski definition) is 0. The SMILES string of the molecule is CCCC1CCCCCC2CC(C)C2CC1C(CC)C(C)CC. The first-order valence-corrected chi connectivity index (χ1v) is 11.1. The molecule has 0 aromatic carbocycles. The van der Waals surface area contributed by atoms with Crippen molar-refractivity contribution in [3.63, 3.8) is 0 Å². The Morgan fingerprint density at radius 1 is 0.913 bits per heavy atom. The third kappa shape index (κ3) is 4.76. The van der Waals surface area contributed by atoms with Crippen molar-refractivity contribution in [1.29, 1.82) is 0 Å². The molecule has 0 nitrogen and oxygen atoms in total. The molecular weight excluding hydrogens is 276 g/mol. The van der Waals surface area contributed by atoms with Gasteiger partial charge in [-0.3, -0.25) is 0 Å². The molecule has 0 N–H and O–H groups in total. The summed E-state index contributed by atoms with van der Waals surface area (Å²) < 4.78 is 0. The Bertz CT molecular complexity index is 320. The van der Waals surface area contributed by atoms with Gasteiger partial charge in [0.1, 0.15) is 0 Å². The fourth-order valence-corrected chi connectivity index (χ4v) is 6.25. The highest BCUT2D eigenvalue weighted by Crippen LogP contribution is 2.51. The molecule has 0 aromatic rings. The summed E-state index contributed by atoms with van der Waals surface area (Å²) in [7, 11) is 0. The zero-order valence-corrected chi connectivity index (χ0v) is 16.8. The highest BCUT2D eigenvalue weighted by molar-refractivity contribution is 4.92. The molecule has 0 heterocycles. The van der Waals surface area contributed by atoms with Gasteiger partial charge < -0.3 is 0 Å². The molecule has 2 saturated carbocycles. The van der Waals surface area contributed by atoms with Crippen molar-refractivity contribution in [2.24, 2.45) is 41.4 Å². The summed E-state index contributed by atoms with van der Waals surface area (Å²) >= 11 is 0. The minimum absolute atomic E-state index is 0.918. The van der Waals surface area contributed by atoms with Crippen LogP contribution in [0, 0.1) is 41.4 Å². The predicted octanol–water partition coefficient (Wildman–Crippen LogP) is 7.72. The predicted molar refractivity (Wildman–Crippen MR) is 104 cm³/mol. The van der Waals surface area contributed by atoms with Crippen LogP contribution < -0.4 is 0 Å². The Morgan fingerprint density at radius 3 is 2.26 bits per heavy atom. The molecule has 0 radical (unpaired) electrons. The Hall–Kier alpha value is 0. The van der Waals surface area contributed by atoms with E-state index >= 15 is 0 Å². The van der Waals surface area contributed by atoms with Gasteiger partial charge in [-0.25, -0.2) is 0 Å². The largest absolute Gasteiger partial charge is 0.0654 e. The van der Waals surface area contributed by atoms with Gasteiger partial charge in [0.15, 0.2) is 0 Å². The van der Waals surface area contributed by atoms with E-state index in [0.29, 0.717) is 0 Å². The van der Waals surface area contributed by atoms with E-state index in [-0.39, 0.29) is 0 Å². The first-order valence-electron chi connectivity index (χ1n) is 11.1. The van der Waals surface area contributed by atoms with Gasteiger partial charge in [-0.05, 0) is 54.3 Å². The van der Waals surface area contributed by atoms with E-state index in [0.717, 1.165) is 41.4 Å². The average Bonchev–Trinajstić information content (AvgIpc) is 2.55. The van der Waals surface area contributed by atoms with E-state index in [1.165, 1.54) is 57.8 Å². The summed E-state index contributed by atoms with van der Waals surface area (Å²) in [6, 6.07) is 0. The van der Waals surface area contributed by atoms with Gasteiger partial charge in [0, 0.05) is 0 Å². The van der Waals surface area contributed by atoms with E-state index in [2.05, 4.69) is 34.6 Å². The van der Waals surface area contributed by atoms with Crippen molar-refractivity contribution in [1.82, 2.24) is 0 Å². The lowest BCUT2D eigenvalue weighted by atomic mass is 9.57. The lowest BCUT2D eigenvalue weighted by Gasteiger charge is -2.49. The van der Waals surface area contributed by atoms with Crippen LogP contribution in [-0.2, 0) is 0 Å². The van der Waals surface area contributed by atoms with Gasteiger partial charge >= 0.3 is 0 Å². The summed E-state index contributed by atoms with van der Waals surface area (Å²) in [4.78, 5) is 0. The minimum Gasteiger partial charge on any atom is -0.0654 e. The summed E-state index contributed by atoms with van der Waals surface area (Å²) in [6.07, 6.45) is 16.4. The monoisotopic (exact) mass is 320 g/mol. The molecular formula is C23H44. The summed E-state index contributed by atoms with van der Waals surface area (Å²) in [6.45, 7) is 12.4. The summed E-state index contributed by atoms with van der Waals surface area (Å²) in [5, 5.41) is 0. The zero-order chi connectivity index (χ0) is 16.8. The molecule has 23 heavy (non-hydrogen) atoms. The van der Waals surface area contributed by atoms with Crippen molar-refractivity contribution in [2.75, 3.05) is 0 Å². The lowest BCUT2D eigenvalue weighted by Crippen LogP contribution is -2.40. The van der Waals surface area contributed by atoms with Gasteiger partial charge in [0.05, 0.1) is 0 Å². The van der Waals surface area contributed by atoms with Crippen molar-refractivity contribution >= 4 is 0 Å². The van der Waals surface area contributed by atoms with Crippen LogP contribution in [0.1, 0.15) is 105 Å². The number of fused-ring (bicyclic) bond motifs is 1. The molecule has 7 unspecified atom stereocenters. The molecule has 2 rings (SSSR count). The molecule has 0 amide bonds. The molecule has 136 valence electrons. The third-order valence-electron chi connectivity index (χ3n) is 7.87. The van der Waals surface area contributed by atoms with E-state index in [1.54, 1.807) is 12.8 Å². The molecule has 0 aliphatic heterocycles. The molecule has 0 aromatic heterocycles. The molecule has 2 aliphatic rings. The second-order valence-electron chi connectivity index (χ2n) is 9.18.